The molecule has 2 aromatic carbocycles. The lowest BCUT2D eigenvalue weighted by Crippen LogP contribution is -2.44. The highest BCUT2D eigenvalue weighted by Crippen LogP contribution is 2.34. The van der Waals surface area contributed by atoms with Crippen molar-refractivity contribution in [2.75, 3.05) is 24.5 Å². The Labute approximate surface area is 205 Å². The molecule has 1 aliphatic heterocycles. The monoisotopic (exact) mass is 495 g/mol. The molecule has 1 fully saturated rings. The van der Waals surface area contributed by atoms with E-state index in [4.69, 9.17) is 4.98 Å². The molecule has 2 heterocycles. The van der Waals surface area contributed by atoms with E-state index in [0.29, 0.717) is 37.4 Å². The van der Waals surface area contributed by atoms with E-state index in [-0.39, 0.29) is 11.8 Å². The van der Waals surface area contributed by atoms with Gasteiger partial charge in [-0.25, -0.2) is 13.4 Å². The van der Waals surface area contributed by atoms with Gasteiger partial charge in [0.1, 0.15) is 0 Å². The largest absolute Gasteiger partial charge is 0.284 e. The van der Waals surface area contributed by atoms with Crippen LogP contribution in [0.5, 0.6) is 0 Å². The van der Waals surface area contributed by atoms with Crippen LogP contribution in [0.2, 0.25) is 0 Å². The van der Waals surface area contributed by atoms with Crippen molar-refractivity contribution >= 4 is 43.2 Å². The summed E-state index contributed by atoms with van der Waals surface area (Å²) in [6, 6.07) is 13.0. The van der Waals surface area contributed by atoms with Crippen LogP contribution in [0.4, 0.5) is 5.13 Å². The SMILES string of the molecule is C=CCN(C(=O)C1CCN(S(=O)(=O)c2ccc3ccccc3c2)CC1)c1nc2c(s1)CCCC2. The summed E-state index contributed by atoms with van der Waals surface area (Å²) < 4.78 is 28.1. The number of aryl methyl sites for hydroxylation is 2. The van der Waals surface area contributed by atoms with Gasteiger partial charge >= 0.3 is 0 Å². The summed E-state index contributed by atoms with van der Waals surface area (Å²) in [7, 11) is -3.61. The predicted octanol–water partition coefficient (Wildman–Crippen LogP) is 4.80. The minimum absolute atomic E-state index is 0.0220. The maximum atomic E-state index is 13.5. The normalized spacial score (nSPS) is 17.4. The van der Waals surface area contributed by atoms with Crippen LogP contribution in [0.3, 0.4) is 0 Å². The number of carbonyl (C=O) groups excluding carboxylic acids is 1. The molecular weight excluding hydrogens is 466 g/mol. The summed E-state index contributed by atoms with van der Waals surface area (Å²) >= 11 is 1.62. The third-order valence-corrected chi connectivity index (χ3v) is 9.88. The average molecular weight is 496 g/mol. The number of benzene rings is 2. The van der Waals surface area contributed by atoms with Crippen molar-refractivity contribution in [2.45, 2.75) is 43.4 Å². The summed E-state index contributed by atoms with van der Waals surface area (Å²) in [5.74, 6) is -0.197. The molecular formula is C26H29N3O3S2. The minimum Gasteiger partial charge on any atom is -0.284 e. The Hall–Kier alpha value is -2.55. The summed E-state index contributed by atoms with van der Waals surface area (Å²) in [5.41, 5.74) is 1.13. The number of rotatable bonds is 6. The van der Waals surface area contributed by atoms with E-state index in [9.17, 15) is 13.2 Å². The topological polar surface area (TPSA) is 70.6 Å². The predicted molar refractivity (Wildman–Crippen MR) is 137 cm³/mol. The Morgan fingerprint density at radius 3 is 2.59 bits per heavy atom. The first-order valence-corrected chi connectivity index (χ1v) is 14.1. The van der Waals surface area contributed by atoms with Crippen LogP contribution in [0.25, 0.3) is 10.8 Å². The van der Waals surface area contributed by atoms with E-state index in [1.54, 1.807) is 34.4 Å². The van der Waals surface area contributed by atoms with Crippen molar-refractivity contribution in [1.29, 1.82) is 0 Å². The van der Waals surface area contributed by atoms with E-state index < -0.39 is 10.0 Å². The number of anilines is 1. The average Bonchev–Trinajstić information content (AvgIpc) is 3.30. The van der Waals surface area contributed by atoms with Gasteiger partial charge in [0.15, 0.2) is 5.13 Å². The third kappa shape index (κ3) is 4.42. The number of hydrogen-bond acceptors (Lipinski definition) is 5. The second-order valence-electron chi connectivity index (χ2n) is 9.00. The van der Waals surface area contributed by atoms with E-state index in [1.807, 2.05) is 30.3 Å². The number of sulfonamides is 1. The zero-order chi connectivity index (χ0) is 23.7. The van der Waals surface area contributed by atoms with Gasteiger partial charge in [-0.15, -0.1) is 17.9 Å². The van der Waals surface area contributed by atoms with Crippen LogP contribution in [-0.2, 0) is 27.7 Å². The molecule has 0 unspecified atom stereocenters. The first kappa shape index (κ1) is 23.2. The lowest BCUT2D eigenvalue weighted by Gasteiger charge is -2.32. The van der Waals surface area contributed by atoms with E-state index in [0.717, 1.165) is 40.9 Å². The number of hydrogen-bond donors (Lipinski definition) is 0. The fourth-order valence-electron chi connectivity index (χ4n) is 4.89. The van der Waals surface area contributed by atoms with E-state index >= 15 is 0 Å². The highest BCUT2D eigenvalue weighted by molar-refractivity contribution is 7.89. The van der Waals surface area contributed by atoms with Crippen molar-refractivity contribution in [3.05, 3.63) is 65.7 Å². The summed E-state index contributed by atoms with van der Waals surface area (Å²) in [6.07, 6.45) is 7.08. The molecule has 0 spiro atoms. The number of thiazole rings is 1. The van der Waals surface area contributed by atoms with Gasteiger partial charge in [-0.05, 0) is 61.4 Å². The molecule has 2 aliphatic rings. The van der Waals surface area contributed by atoms with Gasteiger partial charge in [0.2, 0.25) is 15.9 Å². The zero-order valence-corrected chi connectivity index (χ0v) is 20.8. The Morgan fingerprint density at radius 1 is 1.12 bits per heavy atom. The molecule has 5 rings (SSSR count). The molecule has 0 N–H and O–H groups in total. The Morgan fingerprint density at radius 2 is 1.85 bits per heavy atom. The smallest absolute Gasteiger partial charge is 0.243 e. The zero-order valence-electron chi connectivity index (χ0n) is 19.2. The minimum atomic E-state index is -3.61. The van der Waals surface area contributed by atoms with E-state index in [1.165, 1.54) is 15.6 Å². The van der Waals surface area contributed by atoms with Crippen molar-refractivity contribution in [2.24, 2.45) is 5.92 Å². The Balaban J connectivity index is 1.29. The highest BCUT2D eigenvalue weighted by atomic mass is 32.2. The molecule has 34 heavy (non-hydrogen) atoms. The van der Waals surface area contributed by atoms with Crippen molar-refractivity contribution < 1.29 is 13.2 Å². The highest BCUT2D eigenvalue weighted by Gasteiger charge is 2.35. The number of nitrogens with zero attached hydrogens (tertiary/aromatic N) is 3. The molecule has 3 aromatic rings. The van der Waals surface area contributed by atoms with Gasteiger partial charge in [-0.3, -0.25) is 9.69 Å². The van der Waals surface area contributed by atoms with Crippen LogP contribution in [0, 0.1) is 5.92 Å². The van der Waals surface area contributed by atoms with Crippen LogP contribution < -0.4 is 4.90 Å². The lowest BCUT2D eigenvalue weighted by molar-refractivity contribution is -0.123. The van der Waals surface area contributed by atoms with Gasteiger partial charge in [0.25, 0.3) is 0 Å². The van der Waals surface area contributed by atoms with E-state index in [2.05, 4.69) is 6.58 Å². The first-order chi connectivity index (χ1) is 16.5. The standard InChI is InChI=1S/C26H29N3O3S2/c1-2-15-29(26-27-23-9-5-6-10-24(23)33-26)25(30)20-13-16-28(17-14-20)34(31,32)22-12-11-19-7-3-4-8-21(19)18-22/h2-4,7-8,11-12,18,20H,1,5-6,9-10,13-17H2. The Bertz CT molecular complexity index is 1300. The number of aromatic nitrogens is 1. The van der Waals surface area contributed by atoms with Gasteiger partial charge in [0.05, 0.1) is 10.6 Å². The fraction of sp³-hybridized carbons (Fsp3) is 0.385. The third-order valence-electron chi connectivity index (χ3n) is 6.80. The molecule has 0 atom stereocenters. The van der Waals surface area contributed by atoms with Gasteiger partial charge in [0, 0.05) is 30.4 Å². The van der Waals surface area contributed by atoms with Crippen molar-refractivity contribution in [3.63, 3.8) is 0 Å². The quantitative estimate of drug-likeness (QED) is 0.461. The second kappa shape index (κ2) is 9.60. The van der Waals surface area contributed by atoms with Crippen molar-refractivity contribution in [3.8, 4) is 0 Å². The molecule has 1 aromatic heterocycles. The first-order valence-electron chi connectivity index (χ1n) is 11.9. The molecule has 0 bridgehead atoms. The van der Waals surface area contributed by atoms with Crippen molar-refractivity contribution in [1.82, 2.24) is 9.29 Å². The molecule has 0 radical (unpaired) electrons. The van der Waals surface area contributed by atoms with Gasteiger partial charge in [-0.1, -0.05) is 36.4 Å². The van der Waals surface area contributed by atoms with Gasteiger partial charge in [-0.2, -0.15) is 4.31 Å². The maximum Gasteiger partial charge on any atom is 0.243 e. The molecule has 178 valence electrons. The van der Waals surface area contributed by atoms with Crippen LogP contribution in [0.1, 0.15) is 36.3 Å². The number of carbonyl (C=O) groups is 1. The number of fused-ring (bicyclic) bond motifs is 2. The van der Waals surface area contributed by atoms with Crippen LogP contribution in [0.15, 0.2) is 60.0 Å². The molecule has 1 aliphatic carbocycles. The van der Waals surface area contributed by atoms with Gasteiger partial charge < -0.3 is 0 Å². The number of piperidine rings is 1. The Kier molecular flexibility index (Phi) is 6.55. The number of amides is 1. The van der Waals surface area contributed by atoms with Crippen LogP contribution in [-0.4, -0.2) is 43.2 Å². The second-order valence-corrected chi connectivity index (χ2v) is 12.0. The molecule has 6 nitrogen and oxygen atoms in total. The maximum absolute atomic E-state index is 13.5. The molecule has 8 heteroatoms. The molecule has 0 saturated carbocycles. The summed E-state index contributed by atoms with van der Waals surface area (Å²) in [5, 5.41) is 2.67. The lowest BCUT2D eigenvalue weighted by atomic mass is 9.96. The molecule has 1 saturated heterocycles. The summed E-state index contributed by atoms with van der Waals surface area (Å²) in [6.45, 7) is 4.92. The summed E-state index contributed by atoms with van der Waals surface area (Å²) in [4.78, 5) is 21.6. The fourth-order valence-corrected chi connectivity index (χ4v) is 7.55. The molecule has 1 amide bonds. The van der Waals surface area contributed by atoms with Crippen LogP contribution >= 0.6 is 11.3 Å².